The molecule has 6 heteroatoms. The Labute approximate surface area is 106 Å². The van der Waals surface area contributed by atoms with Gasteiger partial charge < -0.3 is 10.6 Å². The van der Waals surface area contributed by atoms with Gasteiger partial charge in [-0.3, -0.25) is 5.10 Å². The highest BCUT2D eigenvalue weighted by atomic mass is 15.2. The van der Waals surface area contributed by atoms with Crippen molar-refractivity contribution in [3.63, 3.8) is 0 Å². The molecule has 0 bridgehead atoms. The van der Waals surface area contributed by atoms with Crippen molar-refractivity contribution in [1.82, 2.24) is 20.2 Å². The van der Waals surface area contributed by atoms with E-state index < -0.39 is 0 Å². The average molecular weight is 246 g/mol. The fraction of sp³-hybridized carbons (Fsp3) is 0.583. The molecule has 1 saturated carbocycles. The maximum Gasteiger partial charge on any atom is 0.226 e. The minimum absolute atomic E-state index is 0.451. The van der Waals surface area contributed by atoms with Crippen molar-refractivity contribution in [3.8, 4) is 0 Å². The van der Waals surface area contributed by atoms with E-state index in [2.05, 4.69) is 37.7 Å². The lowest BCUT2D eigenvalue weighted by Gasteiger charge is -2.14. The van der Waals surface area contributed by atoms with E-state index >= 15 is 0 Å². The molecule has 96 valence electrons. The lowest BCUT2D eigenvalue weighted by molar-refractivity contribution is 0.691. The second kappa shape index (κ2) is 4.44. The number of aromatic nitrogens is 4. The van der Waals surface area contributed by atoms with E-state index in [1.165, 1.54) is 12.8 Å². The smallest absolute Gasteiger partial charge is 0.226 e. The zero-order valence-corrected chi connectivity index (χ0v) is 10.7. The third-order valence-electron chi connectivity index (χ3n) is 3.34. The minimum atomic E-state index is 0.451. The Kier molecular flexibility index (Phi) is 2.77. The largest absolute Gasteiger partial charge is 0.367 e. The van der Waals surface area contributed by atoms with E-state index in [1.807, 2.05) is 6.92 Å². The Morgan fingerprint density at radius 2 is 2.28 bits per heavy atom. The van der Waals surface area contributed by atoms with Crippen LogP contribution >= 0.6 is 0 Å². The Morgan fingerprint density at radius 3 is 3.00 bits per heavy atom. The van der Waals surface area contributed by atoms with Crippen LogP contribution in [0.3, 0.4) is 0 Å². The fourth-order valence-corrected chi connectivity index (χ4v) is 2.11. The third kappa shape index (κ3) is 2.10. The predicted molar refractivity (Wildman–Crippen MR) is 71.7 cm³/mol. The number of aromatic amines is 1. The molecular weight excluding hydrogens is 228 g/mol. The van der Waals surface area contributed by atoms with Gasteiger partial charge >= 0.3 is 0 Å². The molecular formula is C12H18N6. The lowest BCUT2D eigenvalue weighted by atomic mass is 10.2. The van der Waals surface area contributed by atoms with Crippen molar-refractivity contribution < 1.29 is 0 Å². The fourth-order valence-electron chi connectivity index (χ4n) is 2.11. The van der Waals surface area contributed by atoms with Gasteiger partial charge in [-0.05, 0) is 32.6 Å². The normalized spacial score (nSPS) is 16.8. The molecule has 1 fully saturated rings. The maximum absolute atomic E-state index is 4.52. The van der Waals surface area contributed by atoms with Gasteiger partial charge in [-0.15, -0.1) is 0 Å². The third-order valence-corrected chi connectivity index (χ3v) is 3.34. The van der Waals surface area contributed by atoms with E-state index in [4.69, 9.17) is 0 Å². The Bertz CT molecular complexity index is 544. The number of hydrogen-bond acceptors (Lipinski definition) is 5. The molecule has 2 heterocycles. The quantitative estimate of drug-likeness (QED) is 0.752. The summed E-state index contributed by atoms with van der Waals surface area (Å²) >= 11 is 0. The summed E-state index contributed by atoms with van der Waals surface area (Å²) in [6.07, 6.45) is 4.40. The van der Waals surface area contributed by atoms with Gasteiger partial charge in [-0.1, -0.05) is 0 Å². The van der Waals surface area contributed by atoms with Crippen molar-refractivity contribution in [2.75, 3.05) is 17.2 Å². The second-order valence-corrected chi connectivity index (χ2v) is 4.83. The number of anilines is 2. The van der Waals surface area contributed by atoms with Gasteiger partial charge in [0.05, 0.1) is 11.6 Å². The van der Waals surface area contributed by atoms with Crippen LogP contribution in [0, 0.1) is 5.92 Å². The standard InChI is InChI=1S/C12H18N6/c1-3-13-12-16-10(15-7(2)8-4-5-8)9-6-14-18-11(9)17-12/h6-8H,3-5H2,1-2H3,(H3,13,14,15,16,17,18). The first kappa shape index (κ1) is 11.3. The van der Waals surface area contributed by atoms with E-state index in [-0.39, 0.29) is 0 Å². The highest BCUT2D eigenvalue weighted by Gasteiger charge is 2.28. The van der Waals surface area contributed by atoms with Crippen molar-refractivity contribution in [1.29, 1.82) is 0 Å². The van der Waals surface area contributed by atoms with Crippen molar-refractivity contribution in [2.45, 2.75) is 32.7 Å². The average Bonchev–Trinajstić information content (AvgIpc) is 3.09. The molecule has 0 aliphatic heterocycles. The van der Waals surface area contributed by atoms with Gasteiger partial charge in [0.1, 0.15) is 5.82 Å². The molecule has 1 atom stereocenters. The van der Waals surface area contributed by atoms with Gasteiger partial charge in [0, 0.05) is 12.6 Å². The molecule has 1 aliphatic carbocycles. The molecule has 18 heavy (non-hydrogen) atoms. The Morgan fingerprint density at radius 1 is 1.44 bits per heavy atom. The van der Waals surface area contributed by atoms with Crippen molar-refractivity contribution in [2.24, 2.45) is 5.92 Å². The Balaban J connectivity index is 1.93. The topological polar surface area (TPSA) is 78.5 Å². The number of fused-ring (bicyclic) bond motifs is 1. The molecule has 1 unspecified atom stereocenters. The first-order chi connectivity index (χ1) is 8.78. The first-order valence-electron chi connectivity index (χ1n) is 6.49. The number of rotatable bonds is 5. The molecule has 0 radical (unpaired) electrons. The first-order valence-corrected chi connectivity index (χ1v) is 6.49. The van der Waals surface area contributed by atoms with Gasteiger partial charge in [-0.2, -0.15) is 15.1 Å². The summed E-state index contributed by atoms with van der Waals surface area (Å²) in [4.78, 5) is 8.89. The number of H-pyrrole nitrogens is 1. The SMILES string of the molecule is CCNc1nc(NC(C)C2CC2)c2cn[nH]c2n1. The van der Waals surface area contributed by atoms with Crippen molar-refractivity contribution in [3.05, 3.63) is 6.20 Å². The molecule has 2 aromatic heterocycles. The summed E-state index contributed by atoms with van der Waals surface area (Å²) in [7, 11) is 0. The summed E-state index contributed by atoms with van der Waals surface area (Å²) in [5, 5.41) is 14.5. The van der Waals surface area contributed by atoms with Crippen LogP contribution in [0.15, 0.2) is 6.20 Å². The summed E-state index contributed by atoms with van der Waals surface area (Å²) in [6, 6.07) is 0.451. The van der Waals surface area contributed by atoms with Crippen LogP contribution in [0.5, 0.6) is 0 Å². The predicted octanol–water partition coefficient (Wildman–Crippen LogP) is 2.00. The molecule has 0 aromatic carbocycles. The van der Waals surface area contributed by atoms with E-state index in [0.717, 1.165) is 29.3 Å². The van der Waals surface area contributed by atoms with Gasteiger partial charge in [0.25, 0.3) is 0 Å². The van der Waals surface area contributed by atoms with E-state index in [1.54, 1.807) is 6.20 Å². The molecule has 6 nitrogen and oxygen atoms in total. The molecule has 2 aromatic rings. The summed E-state index contributed by atoms with van der Waals surface area (Å²) in [5.41, 5.74) is 0.770. The molecule has 3 N–H and O–H groups in total. The van der Waals surface area contributed by atoms with Crippen molar-refractivity contribution >= 4 is 22.8 Å². The maximum atomic E-state index is 4.52. The van der Waals surface area contributed by atoms with Gasteiger partial charge in [0.15, 0.2) is 5.65 Å². The van der Waals surface area contributed by atoms with E-state index in [9.17, 15) is 0 Å². The highest BCUT2D eigenvalue weighted by Crippen LogP contribution is 2.34. The van der Waals surface area contributed by atoms with Crippen LogP contribution < -0.4 is 10.6 Å². The molecule has 3 rings (SSSR count). The van der Waals surface area contributed by atoms with Crippen LogP contribution in [-0.2, 0) is 0 Å². The van der Waals surface area contributed by atoms with Gasteiger partial charge in [0.2, 0.25) is 5.95 Å². The van der Waals surface area contributed by atoms with Crippen LogP contribution in [0.1, 0.15) is 26.7 Å². The van der Waals surface area contributed by atoms with E-state index in [0.29, 0.717) is 12.0 Å². The lowest BCUT2D eigenvalue weighted by Crippen LogP contribution is -2.19. The molecule has 0 spiro atoms. The zero-order chi connectivity index (χ0) is 12.5. The van der Waals surface area contributed by atoms with Crippen LogP contribution in [0.4, 0.5) is 11.8 Å². The number of hydrogen-bond donors (Lipinski definition) is 3. The number of nitrogens with zero attached hydrogens (tertiary/aromatic N) is 3. The second-order valence-electron chi connectivity index (χ2n) is 4.83. The Hall–Kier alpha value is -1.85. The highest BCUT2D eigenvalue weighted by molar-refractivity contribution is 5.87. The monoisotopic (exact) mass is 246 g/mol. The van der Waals surface area contributed by atoms with Crippen LogP contribution in [-0.4, -0.2) is 32.8 Å². The molecule has 0 amide bonds. The molecule has 0 saturated heterocycles. The van der Waals surface area contributed by atoms with Crippen LogP contribution in [0.25, 0.3) is 11.0 Å². The summed E-state index contributed by atoms with van der Waals surface area (Å²) in [5.74, 6) is 2.29. The zero-order valence-electron chi connectivity index (χ0n) is 10.7. The summed E-state index contributed by atoms with van der Waals surface area (Å²) in [6.45, 7) is 5.04. The van der Waals surface area contributed by atoms with Gasteiger partial charge in [-0.25, -0.2) is 0 Å². The van der Waals surface area contributed by atoms with Crippen LogP contribution in [0.2, 0.25) is 0 Å². The summed E-state index contributed by atoms with van der Waals surface area (Å²) < 4.78 is 0. The molecule has 1 aliphatic rings. The number of nitrogens with one attached hydrogen (secondary N) is 3. The minimum Gasteiger partial charge on any atom is -0.367 e.